The molecule has 1 aromatic carbocycles. The van der Waals surface area contributed by atoms with Gasteiger partial charge in [-0.15, -0.1) is 11.8 Å². The highest BCUT2D eigenvalue weighted by Crippen LogP contribution is 2.23. The molecule has 0 aliphatic heterocycles. The van der Waals surface area contributed by atoms with Crippen LogP contribution in [0, 0.1) is 0 Å². The van der Waals surface area contributed by atoms with Crippen molar-refractivity contribution in [1.82, 2.24) is 5.32 Å². The van der Waals surface area contributed by atoms with Crippen LogP contribution in [0.4, 0.5) is 5.69 Å². The van der Waals surface area contributed by atoms with Gasteiger partial charge >= 0.3 is 0 Å². The number of rotatable bonds is 7. The van der Waals surface area contributed by atoms with E-state index in [2.05, 4.69) is 12.2 Å². The van der Waals surface area contributed by atoms with Crippen molar-refractivity contribution in [3.8, 4) is 0 Å². The minimum Gasteiger partial charge on any atom is -0.399 e. The zero-order valence-corrected chi connectivity index (χ0v) is 11.9. The average molecular weight is 266 g/mol. The van der Waals surface area contributed by atoms with Crippen molar-refractivity contribution in [3.05, 3.63) is 24.3 Å². The Morgan fingerprint density at radius 3 is 2.61 bits per heavy atom. The van der Waals surface area contributed by atoms with E-state index in [4.69, 9.17) is 5.73 Å². The number of carbonyl (C=O) groups is 1. The first-order valence-corrected chi connectivity index (χ1v) is 7.31. The average Bonchev–Trinajstić information content (AvgIpc) is 2.37. The van der Waals surface area contributed by atoms with E-state index < -0.39 is 0 Å². The molecule has 4 heteroatoms. The van der Waals surface area contributed by atoms with Gasteiger partial charge in [-0.1, -0.05) is 19.8 Å². The van der Waals surface area contributed by atoms with E-state index in [1.165, 1.54) is 12.8 Å². The van der Waals surface area contributed by atoms with Gasteiger partial charge in [-0.25, -0.2) is 0 Å². The van der Waals surface area contributed by atoms with Gasteiger partial charge in [-0.3, -0.25) is 4.79 Å². The first kappa shape index (κ1) is 14.9. The molecule has 0 saturated carbocycles. The second-order valence-electron chi connectivity index (χ2n) is 4.33. The smallest absolute Gasteiger partial charge is 0.233 e. The fourth-order valence-electron chi connectivity index (χ4n) is 1.53. The minimum atomic E-state index is -0.0738. The summed E-state index contributed by atoms with van der Waals surface area (Å²) in [5, 5.41) is 2.89. The standard InChI is InChI=1S/C14H22N2OS/c1-3-4-5-10-16-14(17)11(2)18-13-8-6-12(15)7-9-13/h6-9,11H,3-5,10,15H2,1-2H3,(H,16,17). The molecule has 1 atom stereocenters. The zero-order valence-electron chi connectivity index (χ0n) is 11.1. The number of carbonyl (C=O) groups excluding carboxylic acids is 1. The molecule has 0 saturated heterocycles. The summed E-state index contributed by atoms with van der Waals surface area (Å²) in [5.41, 5.74) is 6.37. The fraction of sp³-hybridized carbons (Fsp3) is 0.500. The number of nitrogen functional groups attached to an aromatic ring is 1. The molecule has 0 aliphatic carbocycles. The summed E-state index contributed by atoms with van der Waals surface area (Å²) >= 11 is 1.56. The molecule has 3 nitrogen and oxygen atoms in total. The summed E-state index contributed by atoms with van der Waals surface area (Å²) in [5.74, 6) is 0.105. The number of amides is 1. The van der Waals surface area contributed by atoms with Crippen LogP contribution < -0.4 is 11.1 Å². The summed E-state index contributed by atoms with van der Waals surface area (Å²) in [4.78, 5) is 12.9. The Balaban J connectivity index is 2.33. The van der Waals surface area contributed by atoms with Crippen LogP contribution in [0.3, 0.4) is 0 Å². The Hall–Kier alpha value is -1.16. The highest BCUT2D eigenvalue weighted by molar-refractivity contribution is 8.00. The number of nitrogens with two attached hydrogens (primary N) is 1. The van der Waals surface area contributed by atoms with E-state index in [0.717, 1.165) is 23.5 Å². The van der Waals surface area contributed by atoms with Crippen LogP contribution in [0.2, 0.25) is 0 Å². The third kappa shape index (κ3) is 5.45. The number of anilines is 1. The monoisotopic (exact) mass is 266 g/mol. The predicted molar refractivity (Wildman–Crippen MR) is 78.7 cm³/mol. The van der Waals surface area contributed by atoms with Gasteiger partial charge in [0.1, 0.15) is 0 Å². The van der Waals surface area contributed by atoms with Crippen molar-refractivity contribution in [3.63, 3.8) is 0 Å². The summed E-state index contributed by atoms with van der Waals surface area (Å²) in [6.07, 6.45) is 3.40. The predicted octanol–water partition coefficient (Wildman–Crippen LogP) is 3.06. The molecule has 18 heavy (non-hydrogen) atoms. The van der Waals surface area contributed by atoms with Gasteiger partial charge in [0.05, 0.1) is 5.25 Å². The largest absolute Gasteiger partial charge is 0.399 e. The molecular weight excluding hydrogens is 244 g/mol. The minimum absolute atomic E-state index is 0.0738. The maximum Gasteiger partial charge on any atom is 0.233 e. The summed E-state index contributed by atoms with van der Waals surface area (Å²) < 4.78 is 0. The summed E-state index contributed by atoms with van der Waals surface area (Å²) in [7, 11) is 0. The van der Waals surface area contributed by atoms with E-state index >= 15 is 0 Å². The zero-order chi connectivity index (χ0) is 13.4. The van der Waals surface area contributed by atoms with Crippen molar-refractivity contribution < 1.29 is 4.79 Å². The fourth-order valence-corrected chi connectivity index (χ4v) is 2.43. The molecule has 0 aliphatic rings. The second-order valence-corrected chi connectivity index (χ2v) is 5.74. The van der Waals surface area contributed by atoms with E-state index in [9.17, 15) is 4.79 Å². The molecule has 0 aromatic heterocycles. The third-order valence-corrected chi connectivity index (χ3v) is 3.75. The summed E-state index contributed by atoms with van der Waals surface area (Å²) in [6, 6.07) is 7.60. The maximum atomic E-state index is 11.8. The van der Waals surface area contributed by atoms with E-state index in [1.54, 1.807) is 11.8 Å². The molecule has 0 radical (unpaired) electrons. The van der Waals surface area contributed by atoms with Crippen LogP contribution in [-0.2, 0) is 4.79 Å². The van der Waals surface area contributed by atoms with Crippen molar-refractivity contribution in [2.75, 3.05) is 12.3 Å². The first-order chi connectivity index (χ1) is 8.63. The lowest BCUT2D eigenvalue weighted by atomic mass is 10.2. The molecule has 0 heterocycles. The molecule has 0 spiro atoms. The molecule has 100 valence electrons. The SMILES string of the molecule is CCCCCNC(=O)C(C)Sc1ccc(N)cc1. The third-order valence-electron chi connectivity index (χ3n) is 2.64. The number of hydrogen-bond donors (Lipinski definition) is 2. The molecular formula is C14H22N2OS. The highest BCUT2D eigenvalue weighted by Gasteiger charge is 2.13. The molecule has 1 unspecified atom stereocenters. The van der Waals surface area contributed by atoms with E-state index in [0.29, 0.717) is 0 Å². The number of hydrogen-bond acceptors (Lipinski definition) is 3. The Kier molecular flexibility index (Phi) is 6.65. The molecule has 0 fully saturated rings. The van der Waals surface area contributed by atoms with Crippen molar-refractivity contribution in [2.45, 2.75) is 43.3 Å². The molecule has 1 rings (SSSR count). The van der Waals surface area contributed by atoms with Crippen molar-refractivity contribution in [2.24, 2.45) is 0 Å². The molecule has 0 bridgehead atoms. The molecule has 3 N–H and O–H groups in total. The lowest BCUT2D eigenvalue weighted by molar-refractivity contribution is -0.120. The van der Waals surface area contributed by atoms with Crippen LogP contribution >= 0.6 is 11.8 Å². The Bertz CT molecular complexity index is 365. The Morgan fingerprint density at radius 2 is 2.00 bits per heavy atom. The number of benzene rings is 1. The van der Waals surface area contributed by atoms with Gasteiger partial charge in [0.25, 0.3) is 0 Å². The van der Waals surface area contributed by atoms with Crippen molar-refractivity contribution in [1.29, 1.82) is 0 Å². The van der Waals surface area contributed by atoms with Gasteiger partial charge in [-0.05, 0) is 37.6 Å². The van der Waals surface area contributed by atoms with Gasteiger partial charge in [-0.2, -0.15) is 0 Å². The van der Waals surface area contributed by atoms with Gasteiger partial charge in [0.15, 0.2) is 0 Å². The molecule has 1 aromatic rings. The number of unbranched alkanes of at least 4 members (excludes halogenated alkanes) is 2. The van der Waals surface area contributed by atoms with Crippen LogP contribution in [0.5, 0.6) is 0 Å². The Morgan fingerprint density at radius 1 is 1.33 bits per heavy atom. The van der Waals surface area contributed by atoms with Gasteiger partial charge in [0, 0.05) is 17.1 Å². The van der Waals surface area contributed by atoms with E-state index in [-0.39, 0.29) is 11.2 Å². The second kappa shape index (κ2) is 8.03. The van der Waals surface area contributed by atoms with Gasteiger partial charge in [0.2, 0.25) is 5.91 Å². The van der Waals surface area contributed by atoms with Crippen molar-refractivity contribution >= 4 is 23.4 Å². The van der Waals surface area contributed by atoms with Crippen LogP contribution in [-0.4, -0.2) is 17.7 Å². The lowest BCUT2D eigenvalue weighted by Crippen LogP contribution is -2.31. The Labute approximate surface area is 114 Å². The quantitative estimate of drug-likeness (QED) is 0.453. The maximum absolute atomic E-state index is 11.8. The van der Waals surface area contributed by atoms with Crippen LogP contribution in [0.15, 0.2) is 29.2 Å². The van der Waals surface area contributed by atoms with Crippen LogP contribution in [0.25, 0.3) is 0 Å². The topological polar surface area (TPSA) is 55.1 Å². The number of thioether (sulfide) groups is 1. The lowest BCUT2D eigenvalue weighted by Gasteiger charge is -2.11. The molecule has 1 amide bonds. The number of nitrogens with one attached hydrogen (secondary N) is 1. The first-order valence-electron chi connectivity index (χ1n) is 6.43. The van der Waals surface area contributed by atoms with Gasteiger partial charge < -0.3 is 11.1 Å². The summed E-state index contributed by atoms with van der Waals surface area (Å²) in [6.45, 7) is 4.86. The normalized spacial score (nSPS) is 12.1. The van der Waals surface area contributed by atoms with Crippen LogP contribution in [0.1, 0.15) is 33.1 Å². The highest BCUT2D eigenvalue weighted by atomic mass is 32.2. The van der Waals surface area contributed by atoms with E-state index in [1.807, 2.05) is 31.2 Å².